The highest BCUT2D eigenvalue weighted by atomic mass is 35.5. The lowest BCUT2D eigenvalue weighted by molar-refractivity contribution is 0.0591. The second kappa shape index (κ2) is 10.7. The van der Waals surface area contributed by atoms with E-state index in [-0.39, 0.29) is 32.4 Å². The molecule has 0 amide bonds. The smallest absolute Gasteiger partial charge is 0.341 e. The van der Waals surface area contributed by atoms with Crippen molar-refractivity contribution in [2.45, 2.75) is 12.8 Å². The summed E-state index contributed by atoms with van der Waals surface area (Å²) >= 11 is 16.7. The Morgan fingerprint density at radius 2 is 1.33 bits per heavy atom. The summed E-state index contributed by atoms with van der Waals surface area (Å²) in [6.07, 6.45) is 2.02. The number of carbonyl (C=O) groups is 2. The normalized spacial score (nSPS) is 12.8. The maximum absolute atomic E-state index is 13.8. The SMILES string of the molecule is COC(=O)c1cc(F)c(Cl)nc1Cl.COC(=O)c1cc(F)c(N2CCCC2)nc1Cl. The average molecular weight is 483 g/mol. The van der Waals surface area contributed by atoms with E-state index in [4.69, 9.17) is 34.8 Å². The molecule has 0 radical (unpaired) electrons. The van der Waals surface area contributed by atoms with E-state index in [0.717, 1.165) is 45.2 Å². The lowest BCUT2D eigenvalue weighted by atomic mass is 10.2. The van der Waals surface area contributed by atoms with Crippen molar-refractivity contribution in [1.82, 2.24) is 9.97 Å². The quantitative estimate of drug-likeness (QED) is 0.468. The van der Waals surface area contributed by atoms with Gasteiger partial charge in [-0.15, -0.1) is 0 Å². The Morgan fingerprint density at radius 3 is 1.83 bits per heavy atom. The van der Waals surface area contributed by atoms with E-state index >= 15 is 0 Å². The third kappa shape index (κ3) is 5.68. The zero-order chi connectivity index (χ0) is 22.4. The van der Waals surface area contributed by atoms with Gasteiger partial charge in [-0.1, -0.05) is 34.8 Å². The Hall–Kier alpha value is -2.23. The summed E-state index contributed by atoms with van der Waals surface area (Å²) < 4.78 is 35.4. The zero-order valence-corrected chi connectivity index (χ0v) is 18.1. The van der Waals surface area contributed by atoms with Crippen LogP contribution in [0.2, 0.25) is 15.5 Å². The summed E-state index contributed by atoms with van der Waals surface area (Å²) in [5.41, 5.74) is -0.194. The predicted octanol–water partition coefficient (Wildman–Crippen LogP) is 4.58. The first kappa shape index (κ1) is 24.0. The number of anilines is 1. The molecule has 0 atom stereocenters. The van der Waals surface area contributed by atoms with Crippen LogP contribution in [0.25, 0.3) is 0 Å². The number of halogens is 5. The van der Waals surface area contributed by atoms with Crippen molar-refractivity contribution in [2.75, 3.05) is 32.2 Å². The predicted molar refractivity (Wildman–Crippen MR) is 108 cm³/mol. The van der Waals surface area contributed by atoms with Gasteiger partial charge < -0.3 is 14.4 Å². The number of rotatable bonds is 3. The van der Waals surface area contributed by atoms with Gasteiger partial charge in [-0.05, 0) is 25.0 Å². The van der Waals surface area contributed by atoms with Gasteiger partial charge in [0.05, 0.1) is 19.8 Å². The van der Waals surface area contributed by atoms with Crippen LogP contribution in [0.5, 0.6) is 0 Å². The molecule has 30 heavy (non-hydrogen) atoms. The van der Waals surface area contributed by atoms with Gasteiger partial charge in [0.2, 0.25) is 0 Å². The van der Waals surface area contributed by atoms with Gasteiger partial charge >= 0.3 is 11.9 Å². The summed E-state index contributed by atoms with van der Waals surface area (Å²) in [4.78, 5) is 31.4. The van der Waals surface area contributed by atoms with E-state index in [1.54, 1.807) is 0 Å². The molecule has 0 N–H and O–H groups in total. The second-order valence-electron chi connectivity index (χ2n) is 5.91. The van der Waals surface area contributed by atoms with Crippen LogP contribution in [0.1, 0.15) is 33.6 Å². The zero-order valence-electron chi connectivity index (χ0n) is 15.8. The maximum atomic E-state index is 13.8. The minimum Gasteiger partial charge on any atom is -0.465 e. The van der Waals surface area contributed by atoms with Crippen LogP contribution in [-0.4, -0.2) is 49.2 Å². The molecule has 2 aromatic heterocycles. The molecule has 3 heterocycles. The largest absolute Gasteiger partial charge is 0.465 e. The van der Waals surface area contributed by atoms with Gasteiger partial charge in [0.25, 0.3) is 0 Å². The Bertz CT molecular complexity index is 957. The topological polar surface area (TPSA) is 81.6 Å². The van der Waals surface area contributed by atoms with Gasteiger partial charge in [-0.3, -0.25) is 0 Å². The van der Waals surface area contributed by atoms with Crippen LogP contribution in [0.3, 0.4) is 0 Å². The van der Waals surface area contributed by atoms with Gasteiger partial charge in [-0.25, -0.2) is 28.3 Å². The molecule has 0 saturated carbocycles. The van der Waals surface area contributed by atoms with Crippen LogP contribution >= 0.6 is 34.8 Å². The first-order chi connectivity index (χ1) is 14.2. The fourth-order valence-corrected chi connectivity index (χ4v) is 3.17. The molecule has 7 nitrogen and oxygen atoms in total. The molecule has 1 saturated heterocycles. The Morgan fingerprint density at radius 1 is 0.867 bits per heavy atom. The number of esters is 2. The number of methoxy groups -OCH3 is 2. The fraction of sp³-hybridized carbons (Fsp3) is 0.333. The summed E-state index contributed by atoms with van der Waals surface area (Å²) in [5, 5.41) is -0.587. The van der Waals surface area contributed by atoms with Gasteiger partial charge in [-0.2, -0.15) is 0 Å². The molecule has 1 fully saturated rings. The fourth-order valence-electron chi connectivity index (χ4n) is 2.56. The van der Waals surface area contributed by atoms with Crippen molar-refractivity contribution >= 4 is 52.6 Å². The van der Waals surface area contributed by atoms with E-state index in [0.29, 0.717) is 0 Å². The summed E-state index contributed by atoms with van der Waals surface area (Å²) in [7, 11) is 2.37. The standard InChI is InChI=1S/C11H12ClFN2O2.C7H4Cl2FNO2/c1-17-11(16)7-6-8(13)10(14-9(7)12)15-4-2-3-5-15;1-13-7(12)3-2-4(10)6(9)11-5(3)8/h6H,2-5H2,1H3;2H,1H3. The number of hydrogen-bond acceptors (Lipinski definition) is 7. The Balaban J connectivity index is 0.000000222. The Kier molecular flexibility index (Phi) is 8.57. The number of aromatic nitrogens is 2. The molecule has 162 valence electrons. The van der Waals surface area contributed by atoms with Gasteiger partial charge in [0.1, 0.15) is 15.9 Å². The molecule has 2 aromatic rings. The third-order valence-corrected chi connectivity index (χ3v) is 4.86. The average Bonchev–Trinajstić information content (AvgIpc) is 3.26. The van der Waals surface area contributed by atoms with Crippen LogP contribution in [-0.2, 0) is 9.47 Å². The van der Waals surface area contributed by atoms with Crippen molar-refractivity contribution < 1.29 is 27.8 Å². The number of ether oxygens (including phenoxy) is 2. The highest BCUT2D eigenvalue weighted by Gasteiger charge is 2.22. The number of nitrogens with zero attached hydrogens (tertiary/aromatic N) is 3. The second-order valence-corrected chi connectivity index (χ2v) is 6.98. The van der Waals surface area contributed by atoms with Crippen molar-refractivity contribution in [2.24, 2.45) is 0 Å². The molecule has 0 bridgehead atoms. The summed E-state index contributed by atoms with van der Waals surface area (Å²) in [6.45, 7) is 1.52. The molecular formula is C18H16Cl3F2N3O4. The Labute approximate surface area is 185 Å². The minimum absolute atomic E-state index is 0.0276. The third-order valence-electron chi connectivity index (χ3n) is 4.01. The minimum atomic E-state index is -0.813. The van der Waals surface area contributed by atoms with E-state index in [1.807, 2.05) is 4.90 Å². The molecule has 0 aliphatic carbocycles. The van der Waals surface area contributed by atoms with Crippen molar-refractivity contribution in [1.29, 1.82) is 0 Å². The van der Waals surface area contributed by atoms with Gasteiger partial charge in [0.15, 0.2) is 22.6 Å². The molecule has 0 aromatic carbocycles. The first-order valence-corrected chi connectivity index (χ1v) is 9.62. The van der Waals surface area contributed by atoms with Crippen LogP contribution in [0.4, 0.5) is 14.6 Å². The molecular weight excluding hydrogens is 467 g/mol. The summed E-state index contributed by atoms with van der Waals surface area (Å²) in [6, 6.07) is 1.96. The van der Waals surface area contributed by atoms with Crippen LogP contribution in [0, 0.1) is 11.6 Å². The van der Waals surface area contributed by atoms with Crippen molar-refractivity contribution in [3.8, 4) is 0 Å². The number of hydrogen-bond donors (Lipinski definition) is 0. The highest BCUT2D eigenvalue weighted by molar-refractivity contribution is 6.34. The van der Waals surface area contributed by atoms with E-state index in [2.05, 4.69) is 19.4 Å². The number of pyridine rings is 2. The van der Waals surface area contributed by atoms with Gasteiger partial charge in [0, 0.05) is 13.1 Å². The molecule has 1 aliphatic rings. The molecule has 0 spiro atoms. The van der Waals surface area contributed by atoms with Crippen LogP contribution in [0.15, 0.2) is 12.1 Å². The number of carbonyl (C=O) groups excluding carboxylic acids is 2. The lowest BCUT2D eigenvalue weighted by Gasteiger charge is -2.17. The maximum Gasteiger partial charge on any atom is 0.341 e. The van der Waals surface area contributed by atoms with Crippen molar-refractivity contribution in [3.63, 3.8) is 0 Å². The molecule has 12 heteroatoms. The highest BCUT2D eigenvalue weighted by Crippen LogP contribution is 2.26. The molecule has 0 unspecified atom stereocenters. The van der Waals surface area contributed by atoms with Crippen molar-refractivity contribution in [3.05, 3.63) is 50.4 Å². The summed E-state index contributed by atoms with van der Waals surface area (Å²) in [5.74, 6) is -2.59. The molecule has 1 aliphatic heterocycles. The van der Waals surface area contributed by atoms with Crippen LogP contribution < -0.4 is 4.90 Å². The lowest BCUT2D eigenvalue weighted by Crippen LogP contribution is -2.21. The monoisotopic (exact) mass is 481 g/mol. The van der Waals surface area contributed by atoms with E-state index < -0.39 is 23.6 Å². The van der Waals surface area contributed by atoms with E-state index in [9.17, 15) is 18.4 Å². The molecule has 3 rings (SSSR count). The first-order valence-electron chi connectivity index (χ1n) is 8.48. The van der Waals surface area contributed by atoms with E-state index in [1.165, 1.54) is 7.11 Å².